The van der Waals surface area contributed by atoms with Crippen molar-refractivity contribution in [3.8, 4) is 0 Å². The molecule has 0 aliphatic carbocycles. The van der Waals surface area contributed by atoms with Crippen molar-refractivity contribution < 1.29 is 14.7 Å². The van der Waals surface area contributed by atoms with Crippen LogP contribution in [0.2, 0.25) is 0 Å². The van der Waals surface area contributed by atoms with Gasteiger partial charge in [0.1, 0.15) is 11.2 Å². The molecule has 92 valence electrons. The average Bonchev–Trinajstić information content (AvgIpc) is 2.82. The van der Waals surface area contributed by atoms with Gasteiger partial charge < -0.3 is 9.90 Å². The molecule has 0 bridgehead atoms. The number of carboxylic acids is 1. The molecule has 2 heterocycles. The third-order valence-electron chi connectivity index (χ3n) is 1.94. The number of carbonyl (C=O) groups excluding carboxylic acids is 2. The molecule has 0 spiro atoms. The van der Waals surface area contributed by atoms with Crippen molar-refractivity contribution in [3.63, 3.8) is 0 Å². The Morgan fingerprint density at radius 2 is 2.17 bits per heavy atom. The van der Waals surface area contributed by atoms with Crippen molar-refractivity contribution in [3.05, 3.63) is 29.9 Å². The smallest absolute Gasteiger partial charge is 0.262 e. The van der Waals surface area contributed by atoms with Gasteiger partial charge in [-0.3, -0.25) is 15.6 Å². The van der Waals surface area contributed by atoms with Gasteiger partial charge in [0.15, 0.2) is 5.82 Å². The second-order valence-electron chi connectivity index (χ2n) is 3.13. The quantitative estimate of drug-likeness (QED) is 0.565. The van der Waals surface area contributed by atoms with Crippen molar-refractivity contribution in [2.75, 3.05) is 5.43 Å². The van der Waals surface area contributed by atoms with E-state index in [1.807, 2.05) is 11.4 Å². The number of anilines is 1. The number of thiophene rings is 1. The van der Waals surface area contributed by atoms with Crippen LogP contribution in [0.25, 0.3) is 10.2 Å². The highest BCUT2D eigenvalue weighted by molar-refractivity contribution is 7.16. The molecular formula is C10H7N4O3S-. The fraction of sp³-hybridized carbons (Fsp3) is 0. The third kappa shape index (κ3) is 2.80. The van der Waals surface area contributed by atoms with Gasteiger partial charge in [-0.15, -0.1) is 11.3 Å². The molecule has 0 saturated carbocycles. The predicted molar refractivity (Wildman–Crippen MR) is 63.3 cm³/mol. The van der Waals surface area contributed by atoms with Gasteiger partial charge in [0.25, 0.3) is 5.91 Å². The molecule has 2 aromatic rings. The summed E-state index contributed by atoms with van der Waals surface area (Å²) in [4.78, 5) is 30.1. The number of hydrogen-bond donors (Lipinski definition) is 2. The first kappa shape index (κ1) is 12.0. The minimum atomic E-state index is -1.44. The van der Waals surface area contributed by atoms with Gasteiger partial charge in [-0.2, -0.15) is 0 Å². The summed E-state index contributed by atoms with van der Waals surface area (Å²) in [6.45, 7) is 0. The summed E-state index contributed by atoms with van der Waals surface area (Å²) < 4.78 is 0. The summed E-state index contributed by atoms with van der Waals surface area (Å²) >= 11 is 1.45. The van der Waals surface area contributed by atoms with Gasteiger partial charge in [-0.1, -0.05) is 0 Å². The number of nitrogens with one attached hydrogen (secondary N) is 2. The Balaban J connectivity index is 2.04. The van der Waals surface area contributed by atoms with Crippen LogP contribution in [0.1, 0.15) is 0 Å². The number of aromatic nitrogens is 2. The lowest BCUT2D eigenvalue weighted by Gasteiger charge is -2.06. The molecule has 2 aromatic heterocycles. The van der Waals surface area contributed by atoms with Crippen molar-refractivity contribution in [2.24, 2.45) is 0 Å². The van der Waals surface area contributed by atoms with Crippen LogP contribution in [-0.4, -0.2) is 21.8 Å². The molecule has 0 unspecified atom stereocenters. The first-order chi connectivity index (χ1) is 8.66. The Labute approximate surface area is 105 Å². The van der Waals surface area contributed by atoms with E-state index < -0.39 is 11.9 Å². The molecule has 0 saturated heterocycles. The fourth-order valence-electron chi connectivity index (χ4n) is 1.20. The van der Waals surface area contributed by atoms with Crippen molar-refractivity contribution >= 4 is 39.2 Å². The molecule has 8 heteroatoms. The summed E-state index contributed by atoms with van der Waals surface area (Å²) in [5.74, 6) is -1.62. The Kier molecular flexibility index (Phi) is 3.49. The molecule has 2 rings (SSSR count). The summed E-state index contributed by atoms with van der Waals surface area (Å²) in [5.41, 5.74) is 4.87. The van der Waals surface area contributed by atoms with Crippen molar-refractivity contribution in [2.45, 2.75) is 0 Å². The van der Waals surface area contributed by atoms with Gasteiger partial charge in [0.2, 0.25) is 0 Å². The van der Waals surface area contributed by atoms with E-state index in [-0.39, 0.29) is 0 Å². The molecule has 1 amide bonds. The molecule has 0 aliphatic rings. The van der Waals surface area contributed by atoms with E-state index in [0.29, 0.717) is 11.9 Å². The van der Waals surface area contributed by atoms with Gasteiger partial charge in [0.05, 0.1) is 11.4 Å². The molecule has 18 heavy (non-hydrogen) atoms. The highest BCUT2D eigenvalue weighted by Gasteiger charge is 2.04. The molecule has 0 atom stereocenters. The van der Waals surface area contributed by atoms with Crippen LogP contribution >= 0.6 is 11.3 Å². The summed E-state index contributed by atoms with van der Waals surface area (Å²) in [5, 5.41) is 12.7. The van der Waals surface area contributed by atoms with E-state index in [1.165, 1.54) is 17.7 Å². The Hall–Kier alpha value is -2.48. The second-order valence-corrected chi connectivity index (χ2v) is 4.02. The lowest BCUT2D eigenvalue weighted by Crippen LogP contribution is -2.29. The lowest BCUT2D eigenvalue weighted by atomic mass is 10.4. The van der Waals surface area contributed by atoms with Gasteiger partial charge in [-0.05, 0) is 17.5 Å². The van der Waals surface area contributed by atoms with E-state index in [2.05, 4.69) is 20.8 Å². The number of rotatable bonds is 4. The largest absolute Gasteiger partial charge is 0.545 e. The van der Waals surface area contributed by atoms with E-state index in [1.54, 1.807) is 0 Å². The highest BCUT2D eigenvalue weighted by atomic mass is 32.1. The van der Waals surface area contributed by atoms with Crippen LogP contribution < -0.4 is 16.0 Å². The molecular weight excluding hydrogens is 256 g/mol. The number of carboxylic acid groups (broad SMARTS) is 1. The van der Waals surface area contributed by atoms with Gasteiger partial charge in [-0.25, -0.2) is 9.97 Å². The van der Waals surface area contributed by atoms with Crippen molar-refractivity contribution in [1.82, 2.24) is 15.4 Å². The zero-order chi connectivity index (χ0) is 13.0. The van der Waals surface area contributed by atoms with Crippen LogP contribution in [0.5, 0.6) is 0 Å². The second kappa shape index (κ2) is 5.23. The van der Waals surface area contributed by atoms with Crippen LogP contribution in [0.4, 0.5) is 5.82 Å². The number of nitrogens with zero attached hydrogens (tertiary/aromatic N) is 2. The molecule has 0 fully saturated rings. The number of hydrazine groups is 1. The Morgan fingerprint density at radius 3 is 2.94 bits per heavy atom. The summed E-state index contributed by atoms with van der Waals surface area (Å²) in [6.07, 6.45) is 2.84. The highest BCUT2D eigenvalue weighted by Crippen LogP contribution is 2.22. The standard InChI is InChI=1S/C10H8N4O3S/c15-7(1-2-8(16)17)13-14-9-6-3-4-18-10(6)12-5-11-9/h1-5H,(H,13,15)(H,16,17)(H,11,12,14)/p-1/b2-1+. The maximum Gasteiger partial charge on any atom is 0.262 e. The van der Waals surface area contributed by atoms with Gasteiger partial charge >= 0.3 is 0 Å². The normalized spacial score (nSPS) is 10.7. The maximum absolute atomic E-state index is 11.2. The zero-order valence-electron chi connectivity index (χ0n) is 8.91. The van der Waals surface area contributed by atoms with Crippen LogP contribution in [0.3, 0.4) is 0 Å². The van der Waals surface area contributed by atoms with E-state index >= 15 is 0 Å². The molecule has 0 aromatic carbocycles. The lowest BCUT2D eigenvalue weighted by molar-refractivity contribution is -0.297. The number of amides is 1. The number of carbonyl (C=O) groups is 2. The molecule has 0 radical (unpaired) electrons. The van der Waals surface area contributed by atoms with E-state index in [9.17, 15) is 14.7 Å². The number of hydrogen-bond acceptors (Lipinski definition) is 7. The topological polar surface area (TPSA) is 107 Å². The summed E-state index contributed by atoms with van der Waals surface area (Å²) in [6, 6.07) is 1.81. The van der Waals surface area contributed by atoms with Crippen molar-refractivity contribution in [1.29, 1.82) is 0 Å². The number of aliphatic carboxylic acids is 1. The average molecular weight is 263 g/mol. The Morgan fingerprint density at radius 1 is 1.33 bits per heavy atom. The molecule has 7 nitrogen and oxygen atoms in total. The van der Waals surface area contributed by atoms with E-state index in [0.717, 1.165) is 16.3 Å². The Bertz CT molecular complexity index is 622. The first-order valence-electron chi connectivity index (χ1n) is 4.80. The first-order valence-corrected chi connectivity index (χ1v) is 5.68. The summed E-state index contributed by atoms with van der Waals surface area (Å²) in [7, 11) is 0. The molecule has 0 aliphatic heterocycles. The predicted octanol–water partition coefficient (Wildman–Crippen LogP) is -0.560. The zero-order valence-corrected chi connectivity index (χ0v) is 9.73. The van der Waals surface area contributed by atoms with Crippen LogP contribution in [-0.2, 0) is 9.59 Å². The minimum Gasteiger partial charge on any atom is -0.545 e. The fourth-order valence-corrected chi connectivity index (χ4v) is 1.93. The SMILES string of the molecule is O=C([O-])/C=C/C(=O)NNc1ncnc2sccc12. The van der Waals surface area contributed by atoms with E-state index in [4.69, 9.17) is 0 Å². The van der Waals surface area contributed by atoms with Gasteiger partial charge in [0, 0.05) is 6.08 Å². The van der Waals surface area contributed by atoms with Crippen LogP contribution in [0.15, 0.2) is 29.9 Å². The molecule has 2 N–H and O–H groups in total. The van der Waals surface area contributed by atoms with Crippen LogP contribution in [0, 0.1) is 0 Å². The minimum absolute atomic E-state index is 0.441. The monoisotopic (exact) mass is 263 g/mol. The number of fused-ring (bicyclic) bond motifs is 1. The third-order valence-corrected chi connectivity index (χ3v) is 2.76. The maximum atomic E-state index is 11.2.